The van der Waals surface area contributed by atoms with Crippen LogP contribution in [0.15, 0.2) is 23.3 Å². The molecule has 0 bridgehead atoms. The fourth-order valence-corrected chi connectivity index (χ4v) is 6.68. The summed E-state index contributed by atoms with van der Waals surface area (Å²) in [6.45, 7) is 6.01. The van der Waals surface area contributed by atoms with Crippen LogP contribution in [0, 0.1) is 22.7 Å². The van der Waals surface area contributed by atoms with Gasteiger partial charge in [-0.25, -0.2) is 9.59 Å². The summed E-state index contributed by atoms with van der Waals surface area (Å²) in [6.07, 6.45) is -2.08. The van der Waals surface area contributed by atoms with E-state index in [0.717, 1.165) is 18.4 Å². The first kappa shape index (κ1) is 27.2. The summed E-state index contributed by atoms with van der Waals surface area (Å²) in [5.41, 5.74) is 0.362. The predicted molar refractivity (Wildman–Crippen MR) is 125 cm³/mol. The lowest BCUT2D eigenvalue weighted by Gasteiger charge is -2.58. The monoisotopic (exact) mass is 510 g/mol. The van der Waals surface area contributed by atoms with Gasteiger partial charge in [-0.3, -0.25) is 0 Å². The van der Waals surface area contributed by atoms with E-state index < -0.39 is 54.8 Å². The minimum Gasteiger partial charge on any atom is -0.458 e. The summed E-state index contributed by atoms with van der Waals surface area (Å²) in [6, 6.07) is 0. The number of aliphatic hydroxyl groups is 5. The zero-order chi connectivity index (χ0) is 26.4. The first-order chi connectivity index (χ1) is 16.9. The first-order valence-corrected chi connectivity index (χ1v) is 12.7. The second-order valence-corrected chi connectivity index (χ2v) is 11.3. The van der Waals surface area contributed by atoms with Gasteiger partial charge in [-0.2, -0.15) is 0 Å². The number of aliphatic hydroxyl groups excluding tert-OH is 5. The summed E-state index contributed by atoms with van der Waals surface area (Å²) in [5, 5.41) is 50.6. The largest absolute Gasteiger partial charge is 0.458 e. The Kier molecular flexibility index (Phi) is 7.68. The van der Waals surface area contributed by atoms with Crippen LogP contribution >= 0.6 is 0 Å². The lowest BCUT2D eigenvalue weighted by atomic mass is 9.46. The molecule has 36 heavy (non-hydrogen) atoms. The van der Waals surface area contributed by atoms with Crippen LogP contribution in [0.2, 0.25) is 0 Å². The molecule has 0 aromatic heterocycles. The van der Waals surface area contributed by atoms with Crippen molar-refractivity contribution in [2.45, 2.75) is 89.7 Å². The van der Waals surface area contributed by atoms with E-state index >= 15 is 0 Å². The van der Waals surface area contributed by atoms with Crippen LogP contribution in [0.25, 0.3) is 0 Å². The second-order valence-electron chi connectivity index (χ2n) is 11.3. The van der Waals surface area contributed by atoms with Crippen LogP contribution in [-0.2, 0) is 23.8 Å². The highest BCUT2D eigenvalue weighted by Crippen LogP contribution is 2.62. The smallest absolute Gasteiger partial charge is 0.336 e. The van der Waals surface area contributed by atoms with Gasteiger partial charge in [-0.1, -0.05) is 20.8 Å². The van der Waals surface area contributed by atoms with Crippen LogP contribution in [0.5, 0.6) is 0 Å². The lowest BCUT2D eigenvalue weighted by molar-refractivity contribution is -0.292. The van der Waals surface area contributed by atoms with Crippen molar-refractivity contribution in [1.29, 1.82) is 0 Å². The number of rotatable bonds is 6. The molecule has 1 saturated heterocycles. The standard InChI is InChI=1S/C26H38O10/c1-13-4-6-26(3)16(23(33)36-24-22(32)21(31)20(30)17(11-27)35-24)9-15(28)10-18(26)25(13,2)7-5-14-8-19(29)34-12-14/h8-9,13,15,17-18,20-22,24,27-28,30-32H,4-7,10-12H2,1-3H3. The number of cyclic esters (lactones) is 1. The molecule has 0 aromatic rings. The van der Waals surface area contributed by atoms with Crippen molar-refractivity contribution in [2.24, 2.45) is 22.7 Å². The number of hydrogen-bond donors (Lipinski definition) is 5. The van der Waals surface area contributed by atoms with Gasteiger partial charge >= 0.3 is 11.9 Å². The molecule has 10 unspecified atom stereocenters. The van der Waals surface area contributed by atoms with Crippen LogP contribution in [0.1, 0.15) is 52.9 Å². The average molecular weight is 511 g/mol. The van der Waals surface area contributed by atoms with Crippen molar-refractivity contribution in [2.75, 3.05) is 13.2 Å². The highest BCUT2D eigenvalue weighted by atomic mass is 16.7. The van der Waals surface area contributed by atoms with Crippen molar-refractivity contribution in [1.82, 2.24) is 0 Å². The maximum absolute atomic E-state index is 13.4. The third kappa shape index (κ3) is 4.75. The van der Waals surface area contributed by atoms with Gasteiger partial charge in [-0.15, -0.1) is 0 Å². The third-order valence-corrected chi connectivity index (χ3v) is 9.24. The SMILES string of the molecule is CC1CCC2(C)C(C(=O)OC3OC(CO)C(O)C(O)C3O)=CC(O)CC2C1(C)CCC1=CC(=O)OC1. The van der Waals surface area contributed by atoms with Crippen LogP contribution in [0.3, 0.4) is 0 Å². The highest BCUT2D eigenvalue weighted by molar-refractivity contribution is 5.90. The molecule has 10 heteroatoms. The van der Waals surface area contributed by atoms with Gasteiger partial charge < -0.3 is 39.7 Å². The molecule has 10 atom stereocenters. The van der Waals surface area contributed by atoms with Gasteiger partial charge in [0.05, 0.1) is 12.7 Å². The normalized spacial score (nSPS) is 44.8. The minimum atomic E-state index is -1.70. The summed E-state index contributed by atoms with van der Waals surface area (Å²) in [5.74, 6) is -0.863. The first-order valence-electron chi connectivity index (χ1n) is 12.7. The quantitative estimate of drug-likeness (QED) is 0.315. The number of ether oxygens (including phenoxy) is 3. The fourth-order valence-electron chi connectivity index (χ4n) is 6.68. The van der Waals surface area contributed by atoms with Crippen molar-refractivity contribution in [3.63, 3.8) is 0 Å². The second kappa shape index (κ2) is 10.2. The van der Waals surface area contributed by atoms with Gasteiger partial charge in [0.15, 0.2) is 0 Å². The Morgan fingerprint density at radius 3 is 2.53 bits per heavy atom. The molecule has 4 rings (SSSR count). The number of fused-ring (bicyclic) bond motifs is 1. The van der Waals surface area contributed by atoms with Crippen molar-refractivity contribution < 1.29 is 49.3 Å². The Balaban J connectivity index is 1.56. The molecule has 202 valence electrons. The molecule has 0 amide bonds. The molecule has 5 N–H and O–H groups in total. The minimum absolute atomic E-state index is 0.0651. The number of carbonyl (C=O) groups is 2. The van der Waals surface area contributed by atoms with E-state index in [4.69, 9.17) is 14.2 Å². The molecule has 2 aliphatic heterocycles. The van der Waals surface area contributed by atoms with E-state index in [0.29, 0.717) is 37.4 Å². The molecule has 2 fully saturated rings. The molecule has 0 radical (unpaired) electrons. The van der Waals surface area contributed by atoms with E-state index in [1.165, 1.54) is 12.2 Å². The van der Waals surface area contributed by atoms with Gasteiger partial charge in [0.25, 0.3) is 0 Å². The Labute approximate surface area is 210 Å². The molecule has 2 aliphatic carbocycles. The number of esters is 2. The van der Waals surface area contributed by atoms with Gasteiger partial charge in [0.2, 0.25) is 6.29 Å². The Hall–Kier alpha value is -1.82. The Morgan fingerprint density at radius 1 is 1.17 bits per heavy atom. The third-order valence-electron chi connectivity index (χ3n) is 9.24. The zero-order valence-electron chi connectivity index (χ0n) is 21.0. The maximum Gasteiger partial charge on any atom is 0.336 e. The molecule has 1 saturated carbocycles. The number of carbonyl (C=O) groups excluding carboxylic acids is 2. The van der Waals surface area contributed by atoms with Crippen LogP contribution < -0.4 is 0 Å². The Bertz CT molecular complexity index is 928. The van der Waals surface area contributed by atoms with Crippen molar-refractivity contribution in [3.8, 4) is 0 Å². The lowest BCUT2D eigenvalue weighted by Crippen LogP contribution is -2.60. The maximum atomic E-state index is 13.4. The summed E-state index contributed by atoms with van der Waals surface area (Å²) in [7, 11) is 0. The van der Waals surface area contributed by atoms with E-state index in [1.54, 1.807) is 0 Å². The van der Waals surface area contributed by atoms with E-state index in [-0.39, 0.29) is 17.3 Å². The highest BCUT2D eigenvalue weighted by Gasteiger charge is 2.57. The predicted octanol–water partition coefficient (Wildman–Crippen LogP) is 0.343. The Morgan fingerprint density at radius 2 is 1.89 bits per heavy atom. The molecule has 0 aromatic carbocycles. The molecule has 0 spiro atoms. The van der Waals surface area contributed by atoms with Gasteiger partial charge in [0, 0.05) is 17.1 Å². The van der Waals surface area contributed by atoms with Gasteiger partial charge in [-0.05, 0) is 61.0 Å². The molecule has 10 nitrogen and oxygen atoms in total. The van der Waals surface area contributed by atoms with Crippen LogP contribution in [0.4, 0.5) is 0 Å². The van der Waals surface area contributed by atoms with Crippen LogP contribution in [-0.4, -0.2) is 87.5 Å². The summed E-state index contributed by atoms with van der Waals surface area (Å²) < 4.78 is 15.9. The zero-order valence-corrected chi connectivity index (χ0v) is 21.0. The average Bonchev–Trinajstić information content (AvgIpc) is 3.26. The van der Waals surface area contributed by atoms with Gasteiger partial charge in [0.1, 0.15) is 31.0 Å². The van der Waals surface area contributed by atoms with E-state index in [9.17, 15) is 35.1 Å². The summed E-state index contributed by atoms with van der Waals surface area (Å²) in [4.78, 5) is 24.9. The summed E-state index contributed by atoms with van der Waals surface area (Å²) >= 11 is 0. The molecule has 2 heterocycles. The number of hydrogen-bond acceptors (Lipinski definition) is 10. The molecular formula is C26H38O10. The molecular weight excluding hydrogens is 472 g/mol. The fraction of sp³-hybridized carbons (Fsp3) is 0.769. The molecule has 4 aliphatic rings. The van der Waals surface area contributed by atoms with E-state index in [1.807, 2.05) is 6.92 Å². The topological polar surface area (TPSA) is 163 Å². The van der Waals surface area contributed by atoms with Crippen molar-refractivity contribution >= 4 is 11.9 Å². The van der Waals surface area contributed by atoms with E-state index in [2.05, 4.69) is 13.8 Å². The van der Waals surface area contributed by atoms with Crippen molar-refractivity contribution in [3.05, 3.63) is 23.3 Å².